The predicted molar refractivity (Wildman–Crippen MR) is 74.6 cm³/mol. The second-order valence-corrected chi connectivity index (χ2v) is 8.36. The molecule has 3 fully saturated rings. The zero-order valence-electron chi connectivity index (χ0n) is 11.9. The zero-order chi connectivity index (χ0) is 15.2. The summed E-state index contributed by atoms with van der Waals surface area (Å²) in [6, 6.07) is 0. The molecular formula is C13H22N2O5S. The predicted octanol–water partition coefficient (Wildman–Crippen LogP) is -0.269. The molecule has 2 N–H and O–H groups in total. The van der Waals surface area contributed by atoms with E-state index in [1.807, 2.05) is 0 Å². The van der Waals surface area contributed by atoms with Gasteiger partial charge in [-0.05, 0) is 31.6 Å². The van der Waals surface area contributed by atoms with Crippen molar-refractivity contribution in [2.45, 2.75) is 31.8 Å². The Hall–Kier alpha value is -0.700. The van der Waals surface area contributed by atoms with Gasteiger partial charge >= 0.3 is 5.97 Å². The van der Waals surface area contributed by atoms with E-state index in [1.54, 1.807) is 0 Å². The summed E-state index contributed by atoms with van der Waals surface area (Å²) in [5, 5.41) is 19.0. The number of aliphatic hydroxyl groups is 1. The first-order chi connectivity index (χ1) is 9.89. The Kier molecular flexibility index (Phi) is 3.98. The second kappa shape index (κ2) is 5.49. The summed E-state index contributed by atoms with van der Waals surface area (Å²) in [4.78, 5) is 11.1. The molecule has 4 unspecified atom stereocenters. The molecule has 3 rings (SSSR count). The van der Waals surface area contributed by atoms with Gasteiger partial charge in [-0.2, -0.15) is 17.0 Å². The minimum absolute atomic E-state index is 0.0415. The number of rotatable bonds is 3. The van der Waals surface area contributed by atoms with Gasteiger partial charge in [0.1, 0.15) is 0 Å². The molecule has 0 aromatic rings. The van der Waals surface area contributed by atoms with Crippen LogP contribution in [0.1, 0.15) is 25.7 Å². The normalized spacial score (nSPS) is 38.5. The number of nitrogens with zero attached hydrogens (tertiary/aromatic N) is 2. The summed E-state index contributed by atoms with van der Waals surface area (Å²) in [5.74, 6) is -1.25. The van der Waals surface area contributed by atoms with E-state index in [0.29, 0.717) is 32.5 Å². The number of piperidine rings is 1. The highest BCUT2D eigenvalue weighted by atomic mass is 32.2. The lowest BCUT2D eigenvalue weighted by molar-refractivity contribution is -0.142. The van der Waals surface area contributed by atoms with Crippen LogP contribution in [0.25, 0.3) is 0 Å². The number of carboxylic acid groups (broad SMARTS) is 1. The SMILES string of the molecule is O=C(O)C1CCCN(S(=O)(=O)N2CC3CCC(O)C3C2)C1. The molecule has 2 heterocycles. The van der Waals surface area contributed by atoms with Gasteiger partial charge in [-0.1, -0.05) is 0 Å². The van der Waals surface area contributed by atoms with Crippen LogP contribution in [0.5, 0.6) is 0 Å². The fourth-order valence-electron chi connectivity index (χ4n) is 3.90. The van der Waals surface area contributed by atoms with Crippen LogP contribution in [-0.4, -0.2) is 65.5 Å². The molecule has 0 spiro atoms. The van der Waals surface area contributed by atoms with E-state index in [4.69, 9.17) is 5.11 Å². The molecule has 0 aromatic carbocycles. The van der Waals surface area contributed by atoms with E-state index < -0.39 is 28.2 Å². The summed E-state index contributed by atoms with van der Waals surface area (Å²) >= 11 is 0. The molecule has 0 radical (unpaired) electrons. The minimum Gasteiger partial charge on any atom is -0.481 e. The van der Waals surface area contributed by atoms with Gasteiger partial charge in [0.15, 0.2) is 0 Å². The van der Waals surface area contributed by atoms with Gasteiger partial charge in [0.05, 0.1) is 12.0 Å². The Bertz CT molecular complexity index is 523. The first kappa shape index (κ1) is 15.2. The number of hydrogen-bond donors (Lipinski definition) is 2. The van der Waals surface area contributed by atoms with Crippen molar-refractivity contribution in [3.63, 3.8) is 0 Å². The Labute approximate surface area is 124 Å². The van der Waals surface area contributed by atoms with Crippen molar-refractivity contribution >= 4 is 16.2 Å². The lowest BCUT2D eigenvalue weighted by Gasteiger charge is -2.33. The van der Waals surface area contributed by atoms with E-state index >= 15 is 0 Å². The number of carboxylic acids is 1. The van der Waals surface area contributed by atoms with Crippen LogP contribution < -0.4 is 0 Å². The van der Waals surface area contributed by atoms with E-state index in [9.17, 15) is 18.3 Å². The van der Waals surface area contributed by atoms with Gasteiger partial charge in [-0.3, -0.25) is 4.79 Å². The number of aliphatic carboxylic acids is 1. The first-order valence-corrected chi connectivity index (χ1v) is 8.95. The van der Waals surface area contributed by atoms with Crippen molar-refractivity contribution in [1.29, 1.82) is 0 Å². The van der Waals surface area contributed by atoms with Crippen molar-refractivity contribution in [2.75, 3.05) is 26.2 Å². The minimum atomic E-state index is -3.60. The van der Waals surface area contributed by atoms with Gasteiger partial charge in [-0.25, -0.2) is 0 Å². The van der Waals surface area contributed by atoms with Crippen molar-refractivity contribution in [3.05, 3.63) is 0 Å². The van der Waals surface area contributed by atoms with Crippen molar-refractivity contribution < 1.29 is 23.4 Å². The van der Waals surface area contributed by atoms with Crippen LogP contribution in [0.15, 0.2) is 0 Å². The van der Waals surface area contributed by atoms with Crippen LogP contribution in [0.2, 0.25) is 0 Å². The topological polar surface area (TPSA) is 98.2 Å². The lowest BCUT2D eigenvalue weighted by Crippen LogP contribution is -2.48. The molecule has 4 atom stereocenters. The largest absolute Gasteiger partial charge is 0.481 e. The van der Waals surface area contributed by atoms with Gasteiger partial charge in [-0.15, -0.1) is 0 Å². The smallest absolute Gasteiger partial charge is 0.307 e. The molecule has 2 saturated heterocycles. The average Bonchev–Trinajstić information content (AvgIpc) is 3.02. The molecule has 120 valence electrons. The van der Waals surface area contributed by atoms with Crippen LogP contribution in [0.4, 0.5) is 0 Å². The van der Waals surface area contributed by atoms with Crippen LogP contribution in [-0.2, 0) is 15.0 Å². The highest BCUT2D eigenvalue weighted by Crippen LogP contribution is 2.39. The van der Waals surface area contributed by atoms with Crippen molar-refractivity contribution in [1.82, 2.24) is 8.61 Å². The fraction of sp³-hybridized carbons (Fsp3) is 0.923. The highest BCUT2D eigenvalue weighted by molar-refractivity contribution is 7.86. The number of fused-ring (bicyclic) bond motifs is 1. The van der Waals surface area contributed by atoms with E-state index in [-0.39, 0.29) is 18.4 Å². The van der Waals surface area contributed by atoms with Crippen LogP contribution in [0.3, 0.4) is 0 Å². The molecule has 0 bridgehead atoms. The zero-order valence-corrected chi connectivity index (χ0v) is 12.7. The van der Waals surface area contributed by atoms with E-state index in [0.717, 1.165) is 12.8 Å². The Morgan fingerprint density at radius 1 is 1.05 bits per heavy atom. The Morgan fingerprint density at radius 3 is 2.48 bits per heavy atom. The van der Waals surface area contributed by atoms with Crippen molar-refractivity contribution in [2.24, 2.45) is 17.8 Å². The first-order valence-electron chi connectivity index (χ1n) is 7.55. The number of carbonyl (C=O) groups is 1. The second-order valence-electron chi connectivity index (χ2n) is 6.43. The average molecular weight is 318 g/mol. The third-order valence-corrected chi connectivity index (χ3v) is 7.11. The van der Waals surface area contributed by atoms with Gasteiger partial charge in [0, 0.05) is 32.1 Å². The highest BCUT2D eigenvalue weighted by Gasteiger charge is 2.47. The summed E-state index contributed by atoms with van der Waals surface area (Å²) in [6.07, 6.45) is 2.34. The monoisotopic (exact) mass is 318 g/mol. The van der Waals surface area contributed by atoms with E-state index in [2.05, 4.69) is 0 Å². The van der Waals surface area contributed by atoms with Gasteiger partial charge < -0.3 is 10.2 Å². The Morgan fingerprint density at radius 2 is 1.81 bits per heavy atom. The molecular weight excluding hydrogens is 296 g/mol. The third kappa shape index (κ3) is 2.69. The summed E-state index contributed by atoms with van der Waals surface area (Å²) in [5.41, 5.74) is 0. The lowest BCUT2D eigenvalue weighted by atomic mass is 10.00. The maximum Gasteiger partial charge on any atom is 0.307 e. The Balaban J connectivity index is 1.71. The van der Waals surface area contributed by atoms with Crippen molar-refractivity contribution in [3.8, 4) is 0 Å². The van der Waals surface area contributed by atoms with Crippen LogP contribution in [0, 0.1) is 17.8 Å². The van der Waals surface area contributed by atoms with Gasteiger partial charge in [0.25, 0.3) is 10.2 Å². The summed E-state index contributed by atoms with van der Waals surface area (Å²) in [6.45, 7) is 1.27. The molecule has 0 aromatic heterocycles. The maximum absolute atomic E-state index is 12.7. The standard InChI is InChI=1S/C13H22N2O5S/c16-12-4-3-9-6-15(8-11(9)12)21(19,20)14-5-1-2-10(7-14)13(17)18/h9-12,16H,1-8H2,(H,17,18). The summed E-state index contributed by atoms with van der Waals surface area (Å²) in [7, 11) is -3.60. The molecule has 2 aliphatic heterocycles. The quantitative estimate of drug-likeness (QED) is 0.746. The molecule has 8 heteroatoms. The van der Waals surface area contributed by atoms with Gasteiger partial charge in [0.2, 0.25) is 0 Å². The van der Waals surface area contributed by atoms with E-state index in [1.165, 1.54) is 8.61 Å². The molecule has 1 aliphatic carbocycles. The molecule has 0 amide bonds. The molecule has 7 nitrogen and oxygen atoms in total. The maximum atomic E-state index is 12.7. The molecule has 3 aliphatic rings. The number of hydrogen-bond acceptors (Lipinski definition) is 4. The summed E-state index contributed by atoms with van der Waals surface area (Å²) < 4.78 is 28.1. The fourth-order valence-corrected chi connectivity index (χ4v) is 5.70. The molecule has 21 heavy (non-hydrogen) atoms. The molecule has 1 saturated carbocycles. The third-order valence-electron chi connectivity index (χ3n) is 5.17. The number of aliphatic hydroxyl groups excluding tert-OH is 1. The van der Waals surface area contributed by atoms with Crippen LogP contribution >= 0.6 is 0 Å².